The quantitative estimate of drug-likeness (QED) is 0.320. The second-order valence-corrected chi connectivity index (χ2v) is 1.62. The second kappa shape index (κ2) is 3.60. The van der Waals surface area contributed by atoms with Gasteiger partial charge >= 0.3 is 0 Å². The van der Waals surface area contributed by atoms with E-state index >= 15 is 0 Å². The minimum Gasteiger partial charge on any atom is -0.393 e. The van der Waals surface area contributed by atoms with Crippen molar-refractivity contribution in [3.63, 3.8) is 0 Å². The van der Waals surface area contributed by atoms with Crippen molar-refractivity contribution in [1.29, 1.82) is 0 Å². The molecule has 0 bridgehead atoms. The van der Waals surface area contributed by atoms with Gasteiger partial charge in [-0.15, -0.1) is 0 Å². The van der Waals surface area contributed by atoms with E-state index in [1.807, 2.05) is 0 Å². The summed E-state index contributed by atoms with van der Waals surface area (Å²) in [6.07, 6.45) is -0.630. The minimum atomic E-state index is -0.630. The van der Waals surface area contributed by atoms with E-state index in [0.29, 0.717) is 5.57 Å². The zero-order valence-corrected chi connectivity index (χ0v) is 4.79. The zero-order valence-electron chi connectivity index (χ0n) is 4.79. The van der Waals surface area contributed by atoms with Crippen LogP contribution in [0.5, 0.6) is 0 Å². The molecule has 48 valence electrons. The van der Waals surface area contributed by atoms with Gasteiger partial charge in [0.2, 0.25) is 0 Å². The first kappa shape index (κ1) is 7.62. The lowest BCUT2D eigenvalue weighted by atomic mass is 10.2. The molecule has 0 fully saturated rings. The van der Waals surface area contributed by atoms with Crippen LogP contribution in [0.2, 0.25) is 0 Å². The highest BCUT2D eigenvalue weighted by Crippen LogP contribution is 1.98. The van der Waals surface area contributed by atoms with E-state index in [2.05, 4.69) is 11.5 Å². The van der Waals surface area contributed by atoms with Crippen molar-refractivity contribution in [2.45, 2.75) is 13.0 Å². The van der Waals surface area contributed by atoms with Gasteiger partial charge < -0.3 is 5.11 Å². The van der Waals surface area contributed by atoms with Crippen molar-refractivity contribution in [2.24, 2.45) is 0 Å². The summed E-state index contributed by atoms with van der Waals surface area (Å²) in [5, 5.41) is 16.3. The third-order valence-corrected chi connectivity index (χ3v) is 0.843. The molecule has 0 aliphatic rings. The Bertz CT molecular complexity index is 75.7. The molecule has 0 aromatic rings. The third-order valence-electron chi connectivity index (χ3n) is 0.843. The first-order valence-electron chi connectivity index (χ1n) is 2.28. The molecular weight excluding hydrogens is 108 g/mol. The smallest absolute Gasteiger partial charge is 0.136 e. The summed E-state index contributed by atoms with van der Waals surface area (Å²) in [6.45, 7) is 4.89. The van der Waals surface area contributed by atoms with Gasteiger partial charge in [0.05, 0.1) is 6.61 Å². The normalized spacial score (nSPS) is 13.4. The minimum absolute atomic E-state index is 0.230. The number of aliphatic hydroxyl groups is 1. The molecule has 3 nitrogen and oxygen atoms in total. The van der Waals surface area contributed by atoms with Gasteiger partial charge in [0.25, 0.3) is 0 Å². The van der Waals surface area contributed by atoms with Crippen LogP contribution in [0.25, 0.3) is 0 Å². The summed E-state index contributed by atoms with van der Waals surface area (Å²) in [6, 6.07) is 0. The predicted molar refractivity (Wildman–Crippen MR) is 29.4 cm³/mol. The van der Waals surface area contributed by atoms with Crippen LogP contribution in [-0.2, 0) is 4.89 Å². The topological polar surface area (TPSA) is 49.7 Å². The number of hydrogen-bond donors (Lipinski definition) is 2. The summed E-state index contributed by atoms with van der Waals surface area (Å²) >= 11 is 0. The molecule has 3 heteroatoms. The SMILES string of the molecule is C=C(C)C(CO)OO. The maximum atomic E-state index is 8.35. The van der Waals surface area contributed by atoms with Gasteiger partial charge in [0, 0.05) is 0 Å². The first-order chi connectivity index (χ1) is 3.72. The highest BCUT2D eigenvalue weighted by atomic mass is 17.1. The summed E-state index contributed by atoms with van der Waals surface area (Å²) < 4.78 is 0. The van der Waals surface area contributed by atoms with Crippen LogP contribution in [0, 0.1) is 0 Å². The third kappa shape index (κ3) is 2.07. The number of rotatable bonds is 3. The molecule has 2 N–H and O–H groups in total. The van der Waals surface area contributed by atoms with Crippen LogP contribution in [0.4, 0.5) is 0 Å². The van der Waals surface area contributed by atoms with E-state index in [1.165, 1.54) is 0 Å². The maximum Gasteiger partial charge on any atom is 0.136 e. The Balaban J connectivity index is 3.52. The van der Waals surface area contributed by atoms with Crippen molar-refractivity contribution >= 4 is 0 Å². The van der Waals surface area contributed by atoms with Crippen molar-refractivity contribution in [3.8, 4) is 0 Å². The van der Waals surface area contributed by atoms with Crippen LogP contribution in [0.3, 0.4) is 0 Å². The fourth-order valence-corrected chi connectivity index (χ4v) is 0.279. The lowest BCUT2D eigenvalue weighted by Gasteiger charge is -2.07. The van der Waals surface area contributed by atoms with E-state index in [4.69, 9.17) is 10.4 Å². The monoisotopic (exact) mass is 118 g/mol. The van der Waals surface area contributed by atoms with Gasteiger partial charge in [-0.2, -0.15) is 0 Å². The highest BCUT2D eigenvalue weighted by molar-refractivity contribution is 4.96. The standard InChI is InChI=1S/C5H10O3/c1-4(2)5(3-6)8-7/h5-7H,1,3H2,2H3. The largest absolute Gasteiger partial charge is 0.393 e. The second-order valence-electron chi connectivity index (χ2n) is 1.62. The van der Waals surface area contributed by atoms with E-state index in [-0.39, 0.29) is 6.61 Å². The molecule has 0 spiro atoms. The molecule has 0 amide bonds. The Morgan fingerprint density at radius 3 is 2.38 bits per heavy atom. The predicted octanol–water partition coefficient (Wildman–Crippen LogP) is 0.413. The summed E-state index contributed by atoms with van der Waals surface area (Å²) in [4.78, 5) is 3.81. The van der Waals surface area contributed by atoms with Crippen LogP contribution < -0.4 is 0 Å². The van der Waals surface area contributed by atoms with E-state index < -0.39 is 6.10 Å². The molecule has 0 aromatic carbocycles. The molecule has 0 saturated heterocycles. The molecule has 0 radical (unpaired) electrons. The van der Waals surface area contributed by atoms with E-state index in [1.54, 1.807) is 6.92 Å². The molecule has 0 aliphatic carbocycles. The molecule has 0 aliphatic heterocycles. The van der Waals surface area contributed by atoms with Gasteiger partial charge in [-0.3, -0.25) is 5.26 Å². The average molecular weight is 118 g/mol. The van der Waals surface area contributed by atoms with E-state index in [9.17, 15) is 0 Å². The van der Waals surface area contributed by atoms with E-state index in [0.717, 1.165) is 0 Å². The lowest BCUT2D eigenvalue weighted by molar-refractivity contribution is -0.274. The summed E-state index contributed by atoms with van der Waals surface area (Å²) in [5.74, 6) is 0. The number of hydrogen-bond acceptors (Lipinski definition) is 3. The molecular formula is C5H10O3. The first-order valence-corrected chi connectivity index (χ1v) is 2.28. The van der Waals surface area contributed by atoms with Crippen molar-refractivity contribution in [2.75, 3.05) is 6.61 Å². The fourth-order valence-electron chi connectivity index (χ4n) is 0.279. The van der Waals surface area contributed by atoms with Crippen LogP contribution >= 0.6 is 0 Å². The molecule has 8 heavy (non-hydrogen) atoms. The summed E-state index contributed by atoms with van der Waals surface area (Å²) in [5.41, 5.74) is 0.606. The Hall–Kier alpha value is -0.380. The Morgan fingerprint density at radius 1 is 1.88 bits per heavy atom. The van der Waals surface area contributed by atoms with Crippen molar-refractivity contribution < 1.29 is 15.3 Å². The van der Waals surface area contributed by atoms with Crippen molar-refractivity contribution in [3.05, 3.63) is 12.2 Å². The summed E-state index contributed by atoms with van der Waals surface area (Å²) in [7, 11) is 0. The maximum absolute atomic E-state index is 8.35. The Kier molecular flexibility index (Phi) is 3.43. The van der Waals surface area contributed by atoms with Crippen LogP contribution in [0.15, 0.2) is 12.2 Å². The van der Waals surface area contributed by atoms with Crippen molar-refractivity contribution in [1.82, 2.24) is 0 Å². The van der Waals surface area contributed by atoms with Gasteiger partial charge in [0.1, 0.15) is 6.10 Å². The average Bonchev–Trinajstić information content (AvgIpc) is 1.69. The van der Waals surface area contributed by atoms with Gasteiger partial charge in [-0.1, -0.05) is 6.58 Å². The Labute approximate surface area is 48.1 Å². The molecule has 0 saturated carbocycles. The molecule has 0 heterocycles. The molecule has 1 atom stereocenters. The lowest BCUT2D eigenvalue weighted by Crippen LogP contribution is -2.16. The number of aliphatic hydroxyl groups excluding tert-OH is 1. The van der Waals surface area contributed by atoms with Crippen LogP contribution in [-0.4, -0.2) is 23.1 Å². The molecule has 0 rings (SSSR count). The fraction of sp³-hybridized carbons (Fsp3) is 0.600. The Morgan fingerprint density at radius 2 is 2.38 bits per heavy atom. The van der Waals surface area contributed by atoms with Gasteiger partial charge in [0.15, 0.2) is 0 Å². The van der Waals surface area contributed by atoms with Gasteiger partial charge in [-0.05, 0) is 12.5 Å². The highest BCUT2D eigenvalue weighted by Gasteiger charge is 2.05. The van der Waals surface area contributed by atoms with Crippen LogP contribution in [0.1, 0.15) is 6.92 Å². The van der Waals surface area contributed by atoms with Gasteiger partial charge in [-0.25, -0.2) is 4.89 Å². The zero-order chi connectivity index (χ0) is 6.57. The molecule has 0 aromatic heterocycles. The molecule has 1 unspecified atom stereocenters.